The number of nitrogens with zero attached hydrogens (tertiary/aromatic N) is 2. The Morgan fingerprint density at radius 1 is 1.17 bits per heavy atom. The zero-order chi connectivity index (χ0) is 21.3. The molecule has 1 atom stereocenters. The van der Waals surface area contributed by atoms with Gasteiger partial charge in [-0.1, -0.05) is 12.1 Å². The van der Waals surface area contributed by atoms with Crippen LogP contribution in [0.15, 0.2) is 42.7 Å². The minimum atomic E-state index is -0.847. The highest BCUT2D eigenvalue weighted by Gasteiger charge is 2.33. The van der Waals surface area contributed by atoms with Crippen molar-refractivity contribution in [1.29, 1.82) is 0 Å². The molecule has 0 aliphatic rings. The van der Waals surface area contributed by atoms with Gasteiger partial charge in [0.25, 0.3) is 5.91 Å². The van der Waals surface area contributed by atoms with Crippen LogP contribution in [0.5, 0.6) is 5.75 Å². The Labute approximate surface area is 168 Å². The summed E-state index contributed by atoms with van der Waals surface area (Å²) in [4.78, 5) is 23.8. The highest BCUT2D eigenvalue weighted by Crippen LogP contribution is 2.32. The summed E-state index contributed by atoms with van der Waals surface area (Å²) < 4.78 is 6.87. The summed E-state index contributed by atoms with van der Waals surface area (Å²) in [6.45, 7) is 5.33. The third-order valence-electron chi connectivity index (χ3n) is 5.40. The van der Waals surface area contributed by atoms with Crippen LogP contribution in [-0.4, -0.2) is 34.6 Å². The zero-order valence-electron chi connectivity index (χ0n) is 16.9. The molecule has 2 amide bonds. The molecule has 29 heavy (non-hydrogen) atoms. The Morgan fingerprint density at radius 2 is 1.83 bits per heavy atom. The molecule has 0 bridgehead atoms. The number of ether oxygens (including phenoxy) is 1. The number of carbonyl (C=O) groups is 2. The second-order valence-corrected chi connectivity index (χ2v) is 7.54. The Kier molecular flexibility index (Phi) is 5.19. The SMILES string of the molecule is COc1ccc(-c2cc3c(NC(C)C(C)(C)C(N)=O)c(C(N)=O)cnn3c2)cc1. The van der Waals surface area contributed by atoms with E-state index in [9.17, 15) is 9.59 Å². The van der Waals surface area contributed by atoms with Gasteiger partial charge in [0.05, 0.1) is 35.5 Å². The summed E-state index contributed by atoms with van der Waals surface area (Å²) >= 11 is 0. The molecule has 0 spiro atoms. The maximum Gasteiger partial charge on any atom is 0.252 e. The van der Waals surface area contributed by atoms with Gasteiger partial charge >= 0.3 is 0 Å². The van der Waals surface area contributed by atoms with E-state index in [1.165, 1.54) is 6.20 Å². The van der Waals surface area contributed by atoms with E-state index < -0.39 is 17.2 Å². The summed E-state index contributed by atoms with van der Waals surface area (Å²) in [5, 5.41) is 7.56. The Hall–Kier alpha value is -3.55. The molecule has 2 aromatic heterocycles. The van der Waals surface area contributed by atoms with Crippen molar-refractivity contribution in [3.8, 4) is 16.9 Å². The molecule has 1 aromatic carbocycles. The molecule has 8 heteroatoms. The van der Waals surface area contributed by atoms with Crippen molar-refractivity contribution >= 4 is 23.0 Å². The molecule has 152 valence electrons. The van der Waals surface area contributed by atoms with Gasteiger partial charge in [-0.05, 0) is 44.5 Å². The smallest absolute Gasteiger partial charge is 0.252 e. The van der Waals surface area contributed by atoms with Crippen LogP contribution in [0.4, 0.5) is 5.69 Å². The summed E-state index contributed by atoms with van der Waals surface area (Å²) in [5.41, 5.74) is 13.5. The van der Waals surface area contributed by atoms with Crippen LogP contribution < -0.4 is 21.5 Å². The lowest BCUT2D eigenvalue weighted by Gasteiger charge is -2.30. The fourth-order valence-electron chi connectivity index (χ4n) is 2.95. The average molecular weight is 395 g/mol. The van der Waals surface area contributed by atoms with Gasteiger partial charge in [-0.15, -0.1) is 0 Å². The lowest BCUT2D eigenvalue weighted by atomic mass is 9.84. The van der Waals surface area contributed by atoms with Crippen LogP contribution in [0, 0.1) is 5.41 Å². The van der Waals surface area contributed by atoms with Crippen molar-refractivity contribution in [3.05, 3.63) is 48.3 Å². The first-order valence-corrected chi connectivity index (χ1v) is 9.17. The number of nitrogens with one attached hydrogen (secondary N) is 1. The quantitative estimate of drug-likeness (QED) is 0.567. The van der Waals surface area contributed by atoms with Crippen molar-refractivity contribution in [1.82, 2.24) is 9.61 Å². The van der Waals surface area contributed by atoms with Crippen LogP contribution in [0.1, 0.15) is 31.1 Å². The van der Waals surface area contributed by atoms with E-state index in [-0.39, 0.29) is 11.6 Å². The van der Waals surface area contributed by atoms with E-state index in [2.05, 4.69) is 10.4 Å². The molecule has 5 N–H and O–H groups in total. The van der Waals surface area contributed by atoms with Crippen molar-refractivity contribution < 1.29 is 14.3 Å². The molecule has 0 fully saturated rings. The zero-order valence-corrected chi connectivity index (χ0v) is 16.9. The number of nitrogens with two attached hydrogens (primary N) is 2. The predicted molar refractivity (Wildman–Crippen MR) is 112 cm³/mol. The van der Waals surface area contributed by atoms with Crippen molar-refractivity contribution in [3.63, 3.8) is 0 Å². The molecule has 3 aromatic rings. The second kappa shape index (κ2) is 7.46. The van der Waals surface area contributed by atoms with E-state index in [4.69, 9.17) is 16.2 Å². The number of amides is 2. The fourth-order valence-corrected chi connectivity index (χ4v) is 2.95. The number of hydrogen-bond acceptors (Lipinski definition) is 5. The molecule has 0 radical (unpaired) electrons. The van der Waals surface area contributed by atoms with Gasteiger partial charge in [-0.2, -0.15) is 5.10 Å². The van der Waals surface area contributed by atoms with Gasteiger partial charge in [-0.25, -0.2) is 4.52 Å². The number of benzene rings is 1. The number of anilines is 1. The number of rotatable bonds is 7. The average Bonchev–Trinajstić information content (AvgIpc) is 3.12. The molecule has 0 aliphatic carbocycles. The number of fused-ring (bicyclic) bond motifs is 1. The van der Waals surface area contributed by atoms with Crippen LogP contribution in [0.2, 0.25) is 0 Å². The van der Waals surface area contributed by atoms with E-state index in [0.29, 0.717) is 11.2 Å². The van der Waals surface area contributed by atoms with Gasteiger partial charge in [0, 0.05) is 17.8 Å². The van der Waals surface area contributed by atoms with E-state index in [0.717, 1.165) is 16.9 Å². The lowest BCUT2D eigenvalue weighted by Crippen LogP contribution is -2.44. The minimum absolute atomic E-state index is 0.240. The molecule has 3 rings (SSSR count). The number of carbonyl (C=O) groups excluding carboxylic acids is 2. The molecular formula is C21H25N5O3. The standard InChI is InChI=1S/C21H25N5O3/c1-12(21(2,3)20(23)28)25-18-16(19(22)27)10-24-26-11-14(9-17(18)26)13-5-7-15(29-4)8-6-13/h5-12,25H,1-4H3,(H2,22,27)(H2,23,28). The van der Waals surface area contributed by atoms with E-state index in [1.54, 1.807) is 25.5 Å². The van der Waals surface area contributed by atoms with Crippen LogP contribution >= 0.6 is 0 Å². The van der Waals surface area contributed by atoms with Gasteiger partial charge in [0.1, 0.15) is 5.75 Å². The van der Waals surface area contributed by atoms with Crippen LogP contribution in [0.3, 0.4) is 0 Å². The Balaban J connectivity index is 2.10. The minimum Gasteiger partial charge on any atom is -0.497 e. The topological polar surface area (TPSA) is 125 Å². The molecule has 8 nitrogen and oxygen atoms in total. The summed E-state index contributed by atoms with van der Waals surface area (Å²) in [6.07, 6.45) is 3.27. The predicted octanol–water partition coefficient (Wildman–Crippen LogP) is 2.42. The highest BCUT2D eigenvalue weighted by molar-refractivity contribution is 6.02. The molecule has 2 heterocycles. The van der Waals surface area contributed by atoms with Crippen molar-refractivity contribution in [2.75, 3.05) is 12.4 Å². The molecule has 0 aliphatic heterocycles. The number of methoxy groups -OCH3 is 1. The summed E-state index contributed by atoms with van der Waals surface area (Å²) in [5.74, 6) is -0.298. The molecule has 1 unspecified atom stereocenters. The largest absolute Gasteiger partial charge is 0.497 e. The monoisotopic (exact) mass is 395 g/mol. The summed E-state index contributed by atoms with van der Waals surface area (Å²) in [7, 11) is 1.61. The third kappa shape index (κ3) is 3.73. The lowest BCUT2D eigenvalue weighted by molar-refractivity contribution is -0.126. The van der Waals surface area contributed by atoms with Crippen molar-refractivity contribution in [2.24, 2.45) is 16.9 Å². The highest BCUT2D eigenvalue weighted by atomic mass is 16.5. The van der Waals surface area contributed by atoms with Crippen molar-refractivity contribution in [2.45, 2.75) is 26.8 Å². The van der Waals surface area contributed by atoms with Gasteiger partial charge in [0.2, 0.25) is 5.91 Å². The van der Waals surface area contributed by atoms with Crippen LogP contribution in [0.25, 0.3) is 16.6 Å². The molecule has 0 saturated heterocycles. The Morgan fingerprint density at radius 3 is 2.38 bits per heavy atom. The van der Waals surface area contributed by atoms with E-state index in [1.807, 2.05) is 43.5 Å². The fraction of sp³-hybridized carbons (Fsp3) is 0.286. The van der Waals surface area contributed by atoms with Gasteiger partial charge < -0.3 is 21.5 Å². The number of hydrogen-bond donors (Lipinski definition) is 3. The first-order chi connectivity index (χ1) is 13.6. The first kappa shape index (κ1) is 20.2. The van der Waals surface area contributed by atoms with Gasteiger partial charge in [0.15, 0.2) is 0 Å². The number of aromatic nitrogens is 2. The second-order valence-electron chi connectivity index (χ2n) is 7.54. The normalized spacial score (nSPS) is 12.6. The molecule has 0 saturated carbocycles. The van der Waals surface area contributed by atoms with Gasteiger partial charge in [-0.3, -0.25) is 9.59 Å². The molecular weight excluding hydrogens is 370 g/mol. The maximum atomic E-state index is 12.0. The van der Waals surface area contributed by atoms with E-state index >= 15 is 0 Å². The maximum absolute atomic E-state index is 12.0. The Bertz CT molecular complexity index is 1070. The third-order valence-corrected chi connectivity index (χ3v) is 5.40. The summed E-state index contributed by atoms with van der Waals surface area (Å²) in [6, 6.07) is 9.17. The first-order valence-electron chi connectivity index (χ1n) is 9.17. The van der Waals surface area contributed by atoms with Crippen LogP contribution in [-0.2, 0) is 4.79 Å². The number of primary amides is 2.